The topological polar surface area (TPSA) is 0 Å². The Morgan fingerprint density at radius 1 is 0.769 bits per heavy atom. The van der Waals surface area contributed by atoms with Crippen LogP contribution in [0.25, 0.3) is 0 Å². The van der Waals surface area contributed by atoms with Crippen LogP contribution in [0.3, 0.4) is 0 Å². The summed E-state index contributed by atoms with van der Waals surface area (Å²) in [6.45, 7) is 0. The highest BCUT2D eigenvalue weighted by atomic mass is 14.1. The molecule has 0 fully saturated rings. The fourth-order valence-electron chi connectivity index (χ4n) is 1.83. The summed E-state index contributed by atoms with van der Waals surface area (Å²) in [5.41, 5.74) is 2.98. The van der Waals surface area contributed by atoms with Crippen LogP contribution in [0.1, 0.15) is 32.1 Å². The maximum atomic E-state index is 2.36. The summed E-state index contributed by atoms with van der Waals surface area (Å²) in [4.78, 5) is 0. The Morgan fingerprint density at radius 2 is 1.31 bits per heavy atom. The van der Waals surface area contributed by atoms with Crippen LogP contribution in [0.2, 0.25) is 0 Å². The molecule has 0 aliphatic heterocycles. The van der Waals surface area contributed by atoms with Gasteiger partial charge in [0.25, 0.3) is 0 Å². The van der Waals surface area contributed by atoms with E-state index in [0.717, 1.165) is 6.42 Å². The average molecular weight is 172 g/mol. The Morgan fingerprint density at radius 3 is 1.69 bits per heavy atom. The second kappa shape index (κ2) is 4.27. The zero-order chi connectivity index (χ0) is 8.93. The van der Waals surface area contributed by atoms with E-state index in [9.17, 15) is 0 Å². The van der Waals surface area contributed by atoms with Gasteiger partial charge in [-0.25, -0.2) is 0 Å². The van der Waals surface area contributed by atoms with Crippen molar-refractivity contribution in [3.05, 3.63) is 47.6 Å². The van der Waals surface area contributed by atoms with E-state index in [1.165, 1.54) is 36.8 Å². The highest BCUT2D eigenvalue weighted by Crippen LogP contribution is 2.21. The van der Waals surface area contributed by atoms with Crippen LogP contribution in [0.5, 0.6) is 0 Å². The van der Waals surface area contributed by atoms with E-state index in [-0.39, 0.29) is 0 Å². The summed E-state index contributed by atoms with van der Waals surface area (Å²) in [7, 11) is 0. The average Bonchev–Trinajstić information content (AvgIpc) is 2.21. The highest BCUT2D eigenvalue weighted by molar-refractivity contribution is 5.33. The molecule has 0 bridgehead atoms. The number of allylic oxidation sites excluding steroid dienone is 8. The molecule has 0 heteroatoms. The summed E-state index contributed by atoms with van der Waals surface area (Å²) in [6.07, 6.45) is 19.9. The predicted octanol–water partition coefficient (Wildman–Crippen LogP) is 3.93. The zero-order valence-corrected chi connectivity index (χ0v) is 8.00. The smallest absolute Gasteiger partial charge is 0.00323 e. The third-order valence-corrected chi connectivity index (χ3v) is 2.55. The van der Waals surface area contributed by atoms with E-state index in [4.69, 9.17) is 0 Å². The molecule has 68 valence electrons. The Balaban J connectivity index is 1.97. The van der Waals surface area contributed by atoms with Crippen LogP contribution in [0.15, 0.2) is 47.6 Å². The number of hydrogen-bond donors (Lipinski definition) is 0. The second-order valence-electron chi connectivity index (χ2n) is 3.69. The fourth-order valence-corrected chi connectivity index (χ4v) is 1.83. The highest BCUT2D eigenvalue weighted by Gasteiger charge is 2.01. The van der Waals surface area contributed by atoms with Crippen molar-refractivity contribution in [1.82, 2.24) is 0 Å². The van der Waals surface area contributed by atoms with Crippen molar-refractivity contribution in [3.63, 3.8) is 0 Å². The molecule has 0 atom stereocenters. The first-order valence-electron chi connectivity index (χ1n) is 5.16. The van der Waals surface area contributed by atoms with Gasteiger partial charge in [-0.2, -0.15) is 0 Å². The molecular weight excluding hydrogens is 156 g/mol. The van der Waals surface area contributed by atoms with Crippen LogP contribution in [-0.4, -0.2) is 0 Å². The molecule has 0 saturated carbocycles. The maximum Gasteiger partial charge on any atom is -0.00323 e. The van der Waals surface area contributed by atoms with Crippen molar-refractivity contribution < 1.29 is 0 Å². The first kappa shape index (κ1) is 8.55. The molecule has 2 aliphatic carbocycles. The zero-order valence-electron chi connectivity index (χ0n) is 8.00. The minimum atomic E-state index is 1.13. The van der Waals surface area contributed by atoms with Crippen molar-refractivity contribution in [1.29, 1.82) is 0 Å². The molecular formula is C13H16. The van der Waals surface area contributed by atoms with Crippen molar-refractivity contribution in [3.8, 4) is 0 Å². The molecule has 0 aromatic heterocycles. The van der Waals surface area contributed by atoms with Gasteiger partial charge in [-0.1, -0.05) is 36.5 Å². The Labute approximate surface area is 80.3 Å². The van der Waals surface area contributed by atoms with Crippen LogP contribution >= 0.6 is 0 Å². The van der Waals surface area contributed by atoms with E-state index >= 15 is 0 Å². The molecule has 2 rings (SSSR count). The Bertz CT molecular complexity index is 257. The maximum absolute atomic E-state index is 2.36. The molecule has 0 saturated heterocycles. The summed E-state index contributed by atoms with van der Waals surface area (Å²) in [6, 6.07) is 0. The molecule has 13 heavy (non-hydrogen) atoms. The molecule has 0 heterocycles. The molecule has 0 amide bonds. The van der Waals surface area contributed by atoms with Gasteiger partial charge in [0.15, 0.2) is 0 Å². The van der Waals surface area contributed by atoms with E-state index in [1.807, 2.05) is 0 Å². The van der Waals surface area contributed by atoms with E-state index in [2.05, 4.69) is 36.5 Å². The van der Waals surface area contributed by atoms with Crippen LogP contribution in [-0.2, 0) is 0 Å². The third-order valence-electron chi connectivity index (χ3n) is 2.55. The van der Waals surface area contributed by atoms with Gasteiger partial charge >= 0.3 is 0 Å². The van der Waals surface area contributed by atoms with Gasteiger partial charge < -0.3 is 0 Å². The first-order valence-corrected chi connectivity index (χ1v) is 5.16. The van der Waals surface area contributed by atoms with Gasteiger partial charge in [-0.15, -0.1) is 0 Å². The summed E-state index contributed by atoms with van der Waals surface area (Å²) in [5, 5.41) is 0. The molecule has 0 aromatic rings. The van der Waals surface area contributed by atoms with Gasteiger partial charge in [0.05, 0.1) is 0 Å². The quantitative estimate of drug-likeness (QED) is 0.592. The largest absolute Gasteiger partial charge is 0.0840 e. The predicted molar refractivity (Wildman–Crippen MR) is 57.5 cm³/mol. The summed E-state index contributed by atoms with van der Waals surface area (Å²) < 4.78 is 0. The molecule has 0 nitrogen and oxygen atoms in total. The lowest BCUT2D eigenvalue weighted by atomic mass is 9.96. The van der Waals surface area contributed by atoms with Crippen LogP contribution < -0.4 is 0 Å². The number of hydrogen-bond acceptors (Lipinski definition) is 0. The van der Waals surface area contributed by atoms with Crippen molar-refractivity contribution in [2.75, 3.05) is 0 Å². The molecule has 0 unspecified atom stereocenters. The molecule has 0 N–H and O–H groups in total. The summed E-state index contributed by atoms with van der Waals surface area (Å²) in [5.74, 6) is 0. The van der Waals surface area contributed by atoms with Crippen LogP contribution in [0, 0.1) is 0 Å². The Hall–Kier alpha value is -1.04. The van der Waals surface area contributed by atoms with Crippen molar-refractivity contribution in [2.45, 2.75) is 32.1 Å². The Kier molecular flexibility index (Phi) is 2.81. The SMILES string of the molecule is C1=CC(CC2=CCCC=C2)=CCC1. The van der Waals surface area contributed by atoms with Gasteiger partial charge in [-0.05, 0) is 43.3 Å². The fraction of sp³-hybridized carbons (Fsp3) is 0.385. The van der Waals surface area contributed by atoms with Gasteiger partial charge in [-0.3, -0.25) is 0 Å². The molecule has 0 aromatic carbocycles. The van der Waals surface area contributed by atoms with E-state index < -0.39 is 0 Å². The molecule has 2 aliphatic rings. The van der Waals surface area contributed by atoms with E-state index in [1.54, 1.807) is 0 Å². The summed E-state index contributed by atoms with van der Waals surface area (Å²) >= 11 is 0. The lowest BCUT2D eigenvalue weighted by molar-refractivity contribution is 0.968. The first-order chi connectivity index (χ1) is 6.45. The normalized spacial score (nSPS) is 21.2. The van der Waals surface area contributed by atoms with E-state index in [0.29, 0.717) is 0 Å². The van der Waals surface area contributed by atoms with Crippen molar-refractivity contribution in [2.24, 2.45) is 0 Å². The molecule has 0 radical (unpaired) electrons. The standard InChI is InChI=1S/C13H16/c1-3-7-12(8-4-1)11-13-9-5-2-6-10-13/h3,5,7-10H,1-2,4,6,11H2. The number of rotatable bonds is 2. The van der Waals surface area contributed by atoms with Gasteiger partial charge in [0, 0.05) is 0 Å². The lowest BCUT2D eigenvalue weighted by Crippen LogP contribution is -1.90. The minimum absolute atomic E-state index is 1.13. The van der Waals surface area contributed by atoms with Gasteiger partial charge in [0.1, 0.15) is 0 Å². The van der Waals surface area contributed by atoms with Crippen LogP contribution in [0.4, 0.5) is 0 Å². The lowest BCUT2D eigenvalue weighted by Gasteiger charge is -2.09. The minimum Gasteiger partial charge on any atom is -0.0840 e. The van der Waals surface area contributed by atoms with Crippen molar-refractivity contribution >= 4 is 0 Å². The molecule has 0 spiro atoms. The monoisotopic (exact) mass is 172 g/mol. The third kappa shape index (κ3) is 2.45. The second-order valence-corrected chi connectivity index (χ2v) is 3.69. The van der Waals surface area contributed by atoms with Gasteiger partial charge in [0.2, 0.25) is 0 Å².